The molecule has 0 aliphatic carbocycles. The van der Waals surface area contributed by atoms with Crippen LogP contribution in [-0.2, 0) is 11.3 Å². The number of phenols is 1. The Morgan fingerprint density at radius 1 is 1.23 bits per heavy atom. The molecule has 1 saturated heterocycles. The van der Waals surface area contributed by atoms with E-state index in [0.717, 1.165) is 11.8 Å². The van der Waals surface area contributed by atoms with Crippen molar-refractivity contribution >= 4 is 40.6 Å². The van der Waals surface area contributed by atoms with Crippen LogP contribution in [0.5, 0.6) is 11.5 Å². The smallest absolute Gasteiger partial charge is 0.293 e. The third-order valence-electron chi connectivity index (χ3n) is 3.74. The average molecular weight is 390 g/mol. The first-order valence-electron chi connectivity index (χ1n) is 7.94. The molecule has 1 aliphatic heterocycles. The van der Waals surface area contributed by atoms with Gasteiger partial charge in [-0.15, -0.1) is 0 Å². The summed E-state index contributed by atoms with van der Waals surface area (Å²) in [6, 6.07) is 11.9. The van der Waals surface area contributed by atoms with Gasteiger partial charge >= 0.3 is 0 Å². The summed E-state index contributed by atoms with van der Waals surface area (Å²) in [6.07, 6.45) is 1.61. The van der Waals surface area contributed by atoms with E-state index in [1.807, 2.05) is 13.0 Å². The number of imide groups is 1. The van der Waals surface area contributed by atoms with Gasteiger partial charge in [0.25, 0.3) is 11.1 Å². The molecule has 134 valence electrons. The number of halogens is 1. The maximum absolute atomic E-state index is 12.6. The number of hydrogen-bond acceptors (Lipinski definition) is 5. The molecule has 1 N–H and O–H groups in total. The molecule has 0 aromatic heterocycles. The van der Waals surface area contributed by atoms with Crippen molar-refractivity contribution in [3.8, 4) is 11.5 Å². The number of carbonyl (C=O) groups excluding carboxylic acids is 2. The van der Waals surface area contributed by atoms with E-state index in [0.29, 0.717) is 33.4 Å². The molecule has 0 spiro atoms. The van der Waals surface area contributed by atoms with Crippen molar-refractivity contribution in [2.45, 2.75) is 13.5 Å². The second-order valence-corrected chi connectivity index (χ2v) is 6.92. The molecule has 2 amide bonds. The number of aromatic hydroxyl groups is 1. The Balaban J connectivity index is 1.83. The van der Waals surface area contributed by atoms with Crippen LogP contribution in [0.3, 0.4) is 0 Å². The van der Waals surface area contributed by atoms with Crippen LogP contribution in [-0.4, -0.2) is 27.8 Å². The molecule has 0 saturated carbocycles. The van der Waals surface area contributed by atoms with Crippen molar-refractivity contribution in [3.63, 3.8) is 0 Å². The molecule has 5 nitrogen and oxygen atoms in total. The van der Waals surface area contributed by atoms with Gasteiger partial charge < -0.3 is 9.84 Å². The van der Waals surface area contributed by atoms with E-state index >= 15 is 0 Å². The van der Waals surface area contributed by atoms with E-state index in [-0.39, 0.29) is 23.4 Å². The molecule has 3 rings (SSSR count). The van der Waals surface area contributed by atoms with Gasteiger partial charge in [-0.25, -0.2) is 0 Å². The lowest BCUT2D eigenvalue weighted by atomic mass is 10.1. The van der Waals surface area contributed by atoms with Crippen LogP contribution in [0.2, 0.25) is 5.02 Å². The molecule has 7 heteroatoms. The molecular weight excluding hydrogens is 374 g/mol. The van der Waals surface area contributed by atoms with Crippen LogP contribution < -0.4 is 4.74 Å². The third kappa shape index (κ3) is 3.86. The van der Waals surface area contributed by atoms with Gasteiger partial charge in [-0.1, -0.05) is 35.9 Å². The third-order valence-corrected chi connectivity index (χ3v) is 5.02. The minimum Gasteiger partial charge on any atom is -0.504 e. The van der Waals surface area contributed by atoms with Gasteiger partial charge in [-0.2, -0.15) is 0 Å². The number of benzene rings is 2. The largest absolute Gasteiger partial charge is 0.504 e. The quantitative estimate of drug-likeness (QED) is 0.752. The minimum atomic E-state index is -0.369. The lowest BCUT2D eigenvalue weighted by Gasteiger charge is -2.13. The maximum Gasteiger partial charge on any atom is 0.293 e. The van der Waals surface area contributed by atoms with E-state index in [1.54, 1.807) is 36.4 Å². The highest BCUT2D eigenvalue weighted by atomic mass is 35.5. The number of amides is 2. The Kier molecular flexibility index (Phi) is 5.54. The molecule has 0 atom stereocenters. The van der Waals surface area contributed by atoms with Crippen LogP contribution in [0.25, 0.3) is 6.08 Å². The molecule has 0 unspecified atom stereocenters. The molecule has 26 heavy (non-hydrogen) atoms. The number of ether oxygens (including phenoxy) is 1. The SMILES string of the molecule is CCOc1cc(C=C2SC(=O)N(Cc3ccccc3Cl)C2=O)ccc1O. The fraction of sp³-hybridized carbons (Fsp3) is 0.158. The van der Waals surface area contributed by atoms with Gasteiger partial charge in [0.2, 0.25) is 0 Å². The summed E-state index contributed by atoms with van der Waals surface area (Å²) >= 11 is 7.00. The van der Waals surface area contributed by atoms with E-state index in [2.05, 4.69) is 0 Å². The maximum atomic E-state index is 12.6. The van der Waals surface area contributed by atoms with Gasteiger partial charge in [0.05, 0.1) is 18.1 Å². The van der Waals surface area contributed by atoms with Crippen molar-refractivity contribution in [1.29, 1.82) is 0 Å². The van der Waals surface area contributed by atoms with Gasteiger partial charge in [0.15, 0.2) is 11.5 Å². The van der Waals surface area contributed by atoms with E-state index in [1.165, 1.54) is 11.0 Å². The summed E-state index contributed by atoms with van der Waals surface area (Å²) < 4.78 is 5.34. The van der Waals surface area contributed by atoms with E-state index < -0.39 is 0 Å². The lowest BCUT2D eigenvalue weighted by molar-refractivity contribution is -0.123. The van der Waals surface area contributed by atoms with Crippen molar-refractivity contribution in [2.75, 3.05) is 6.61 Å². The first-order valence-corrected chi connectivity index (χ1v) is 9.13. The molecule has 2 aromatic carbocycles. The number of rotatable bonds is 5. The summed E-state index contributed by atoms with van der Waals surface area (Å²) in [4.78, 5) is 26.3. The Labute approximate surface area is 160 Å². The van der Waals surface area contributed by atoms with Crippen molar-refractivity contribution in [3.05, 3.63) is 63.5 Å². The number of hydrogen-bond donors (Lipinski definition) is 1. The summed E-state index contributed by atoms with van der Waals surface area (Å²) in [5, 5.41) is 9.93. The van der Waals surface area contributed by atoms with Gasteiger partial charge in [-0.3, -0.25) is 14.5 Å². The van der Waals surface area contributed by atoms with Crippen LogP contribution in [0.15, 0.2) is 47.4 Å². The highest BCUT2D eigenvalue weighted by Gasteiger charge is 2.35. The number of carbonyl (C=O) groups is 2. The molecule has 0 bridgehead atoms. The van der Waals surface area contributed by atoms with Crippen LogP contribution in [0, 0.1) is 0 Å². The van der Waals surface area contributed by atoms with Crippen LogP contribution in [0.1, 0.15) is 18.1 Å². The minimum absolute atomic E-state index is 0.0239. The topological polar surface area (TPSA) is 66.8 Å². The molecule has 1 heterocycles. The zero-order chi connectivity index (χ0) is 18.7. The average Bonchev–Trinajstić information content (AvgIpc) is 2.87. The molecule has 0 radical (unpaired) electrons. The molecule has 1 aliphatic rings. The van der Waals surface area contributed by atoms with E-state index in [4.69, 9.17) is 16.3 Å². The predicted octanol–water partition coefficient (Wildman–Crippen LogP) is 4.68. The summed E-state index contributed by atoms with van der Waals surface area (Å²) in [6.45, 7) is 2.35. The Morgan fingerprint density at radius 2 is 2.00 bits per heavy atom. The summed E-state index contributed by atoms with van der Waals surface area (Å²) in [5.41, 5.74) is 1.37. The van der Waals surface area contributed by atoms with Gasteiger partial charge in [0, 0.05) is 5.02 Å². The summed E-state index contributed by atoms with van der Waals surface area (Å²) in [7, 11) is 0. The Morgan fingerprint density at radius 3 is 2.73 bits per heavy atom. The molecule has 2 aromatic rings. The summed E-state index contributed by atoms with van der Waals surface area (Å²) in [5.74, 6) is -0.0154. The lowest BCUT2D eigenvalue weighted by Crippen LogP contribution is -2.27. The normalized spacial score (nSPS) is 15.8. The predicted molar refractivity (Wildman–Crippen MR) is 102 cm³/mol. The second-order valence-electron chi connectivity index (χ2n) is 5.52. The zero-order valence-electron chi connectivity index (χ0n) is 13.9. The van der Waals surface area contributed by atoms with E-state index in [9.17, 15) is 14.7 Å². The number of phenolic OH excluding ortho intramolecular Hbond substituents is 1. The van der Waals surface area contributed by atoms with Gasteiger partial charge in [-0.05, 0) is 54.1 Å². The van der Waals surface area contributed by atoms with Crippen LogP contribution in [0.4, 0.5) is 4.79 Å². The number of nitrogens with zero attached hydrogens (tertiary/aromatic N) is 1. The Hall–Kier alpha value is -2.44. The van der Waals surface area contributed by atoms with Crippen molar-refractivity contribution < 1.29 is 19.4 Å². The first kappa shape index (κ1) is 18.4. The van der Waals surface area contributed by atoms with Crippen molar-refractivity contribution in [1.82, 2.24) is 4.90 Å². The fourth-order valence-electron chi connectivity index (χ4n) is 2.48. The van der Waals surface area contributed by atoms with Crippen LogP contribution >= 0.6 is 23.4 Å². The Bertz CT molecular complexity index is 897. The first-order chi connectivity index (χ1) is 12.5. The second kappa shape index (κ2) is 7.85. The molecule has 1 fully saturated rings. The highest BCUT2D eigenvalue weighted by Crippen LogP contribution is 2.35. The van der Waals surface area contributed by atoms with Gasteiger partial charge in [0.1, 0.15) is 0 Å². The highest BCUT2D eigenvalue weighted by molar-refractivity contribution is 8.18. The van der Waals surface area contributed by atoms with Crippen molar-refractivity contribution in [2.24, 2.45) is 0 Å². The zero-order valence-corrected chi connectivity index (χ0v) is 15.5. The fourth-order valence-corrected chi connectivity index (χ4v) is 3.51. The number of thioether (sulfide) groups is 1. The standard InChI is InChI=1S/C19H16ClNO4S/c1-2-25-16-9-12(7-8-15(16)22)10-17-18(23)21(19(24)26-17)11-13-5-3-4-6-14(13)20/h3-10,22H,2,11H2,1H3. The molecular formula is C19H16ClNO4S. The monoisotopic (exact) mass is 389 g/mol.